The molecule has 0 fully saturated rings. The normalized spacial score (nSPS) is 11.0. The van der Waals surface area contributed by atoms with Gasteiger partial charge in [0, 0.05) is 19.0 Å². The zero-order valence-electron chi connectivity index (χ0n) is 12.2. The average Bonchev–Trinajstić information content (AvgIpc) is 2.98. The molecular weight excluding hydrogens is 298 g/mol. The van der Waals surface area contributed by atoms with E-state index in [9.17, 15) is 0 Å². The van der Waals surface area contributed by atoms with Crippen LogP contribution in [-0.2, 0) is 13.1 Å². The van der Waals surface area contributed by atoms with Gasteiger partial charge in [-0.3, -0.25) is 0 Å². The van der Waals surface area contributed by atoms with Crippen molar-refractivity contribution in [3.05, 3.63) is 48.5 Å². The van der Waals surface area contributed by atoms with E-state index < -0.39 is 0 Å². The summed E-state index contributed by atoms with van der Waals surface area (Å²) in [4.78, 5) is 13.1. The summed E-state index contributed by atoms with van der Waals surface area (Å²) >= 11 is 5.72. The lowest BCUT2D eigenvalue weighted by Gasteiger charge is -2.06. The number of anilines is 1. The number of nitrogens with zero attached hydrogens (tertiary/aromatic N) is 4. The maximum atomic E-state index is 5.72. The van der Waals surface area contributed by atoms with E-state index in [2.05, 4.69) is 37.0 Å². The standard InChI is InChI=1S/C16H18ClN5/c17-8-4-5-9-22-12-21-14-15(19-11-20-16(14)22)18-10-13-6-2-1-3-7-13/h1-3,6-7,11-12H,4-5,8-10H2,(H,18,19,20). The number of alkyl halides is 1. The molecule has 0 aliphatic rings. The largest absolute Gasteiger partial charge is 0.364 e. The van der Waals surface area contributed by atoms with Gasteiger partial charge in [0.05, 0.1) is 6.33 Å². The summed E-state index contributed by atoms with van der Waals surface area (Å²) in [6, 6.07) is 10.2. The van der Waals surface area contributed by atoms with Crippen molar-refractivity contribution in [2.45, 2.75) is 25.9 Å². The van der Waals surface area contributed by atoms with Crippen LogP contribution in [0.15, 0.2) is 43.0 Å². The van der Waals surface area contributed by atoms with E-state index in [4.69, 9.17) is 11.6 Å². The van der Waals surface area contributed by atoms with Crippen molar-refractivity contribution >= 4 is 28.6 Å². The van der Waals surface area contributed by atoms with Gasteiger partial charge in [0.15, 0.2) is 11.5 Å². The number of fused-ring (bicyclic) bond motifs is 1. The fourth-order valence-corrected chi connectivity index (χ4v) is 2.52. The molecule has 0 amide bonds. The van der Waals surface area contributed by atoms with Crippen LogP contribution in [0.2, 0.25) is 0 Å². The molecule has 0 atom stereocenters. The van der Waals surface area contributed by atoms with Crippen LogP contribution in [0.25, 0.3) is 11.2 Å². The average molecular weight is 316 g/mol. The number of unbranched alkanes of at least 4 members (excludes halogenated alkanes) is 1. The molecule has 22 heavy (non-hydrogen) atoms. The molecule has 6 heteroatoms. The Kier molecular flexibility index (Phi) is 4.85. The molecule has 1 aromatic carbocycles. The van der Waals surface area contributed by atoms with Gasteiger partial charge in [0.1, 0.15) is 11.8 Å². The first-order chi connectivity index (χ1) is 10.9. The summed E-state index contributed by atoms with van der Waals surface area (Å²) in [5.74, 6) is 1.45. The number of rotatable bonds is 7. The second-order valence-corrected chi connectivity index (χ2v) is 5.45. The van der Waals surface area contributed by atoms with Crippen LogP contribution < -0.4 is 5.32 Å². The van der Waals surface area contributed by atoms with Gasteiger partial charge in [-0.15, -0.1) is 11.6 Å². The number of aromatic nitrogens is 4. The summed E-state index contributed by atoms with van der Waals surface area (Å²) < 4.78 is 2.05. The first-order valence-corrected chi connectivity index (χ1v) is 7.91. The molecular formula is C16H18ClN5. The quantitative estimate of drug-likeness (QED) is 0.536. The van der Waals surface area contributed by atoms with Gasteiger partial charge in [-0.1, -0.05) is 30.3 Å². The molecule has 2 heterocycles. The van der Waals surface area contributed by atoms with Crippen LogP contribution in [0.4, 0.5) is 5.82 Å². The van der Waals surface area contributed by atoms with Gasteiger partial charge < -0.3 is 9.88 Å². The molecule has 3 aromatic rings. The van der Waals surface area contributed by atoms with Crippen LogP contribution in [0.5, 0.6) is 0 Å². The Morgan fingerprint density at radius 3 is 2.73 bits per heavy atom. The van der Waals surface area contributed by atoms with Crippen molar-refractivity contribution < 1.29 is 0 Å². The Morgan fingerprint density at radius 2 is 1.91 bits per heavy atom. The van der Waals surface area contributed by atoms with Crippen molar-refractivity contribution in [2.24, 2.45) is 0 Å². The van der Waals surface area contributed by atoms with E-state index in [0.717, 1.165) is 36.4 Å². The van der Waals surface area contributed by atoms with Gasteiger partial charge in [-0.05, 0) is 18.4 Å². The van der Waals surface area contributed by atoms with E-state index in [1.54, 1.807) is 6.33 Å². The number of aryl methyl sites for hydroxylation is 1. The first kappa shape index (κ1) is 14.8. The lowest BCUT2D eigenvalue weighted by atomic mass is 10.2. The number of hydrogen-bond donors (Lipinski definition) is 1. The third-order valence-corrected chi connectivity index (χ3v) is 3.75. The molecule has 0 saturated heterocycles. The van der Waals surface area contributed by atoms with Crippen molar-refractivity contribution in [2.75, 3.05) is 11.2 Å². The van der Waals surface area contributed by atoms with Crippen LogP contribution in [-0.4, -0.2) is 25.4 Å². The second-order valence-electron chi connectivity index (χ2n) is 5.07. The summed E-state index contributed by atoms with van der Waals surface area (Å²) in [7, 11) is 0. The van der Waals surface area contributed by atoms with Crippen molar-refractivity contribution in [3.63, 3.8) is 0 Å². The van der Waals surface area contributed by atoms with Crippen LogP contribution in [0.3, 0.4) is 0 Å². The van der Waals surface area contributed by atoms with Crippen molar-refractivity contribution in [3.8, 4) is 0 Å². The van der Waals surface area contributed by atoms with Crippen LogP contribution in [0, 0.1) is 0 Å². The highest BCUT2D eigenvalue weighted by atomic mass is 35.5. The summed E-state index contributed by atoms with van der Waals surface area (Å²) in [6.07, 6.45) is 5.41. The van der Waals surface area contributed by atoms with E-state index in [0.29, 0.717) is 12.4 Å². The highest BCUT2D eigenvalue weighted by Crippen LogP contribution is 2.18. The zero-order chi connectivity index (χ0) is 15.2. The SMILES string of the molecule is ClCCCCn1cnc2c(NCc3ccccc3)ncnc21. The number of benzene rings is 1. The zero-order valence-corrected chi connectivity index (χ0v) is 13.0. The molecule has 1 N–H and O–H groups in total. The third-order valence-electron chi connectivity index (χ3n) is 3.49. The maximum Gasteiger partial charge on any atom is 0.165 e. The molecule has 0 saturated carbocycles. The molecule has 2 aromatic heterocycles. The molecule has 5 nitrogen and oxygen atoms in total. The molecule has 0 radical (unpaired) electrons. The van der Waals surface area contributed by atoms with E-state index >= 15 is 0 Å². The third kappa shape index (κ3) is 3.36. The van der Waals surface area contributed by atoms with Gasteiger partial charge in [-0.25, -0.2) is 15.0 Å². The lowest BCUT2D eigenvalue weighted by molar-refractivity contribution is 0.643. The van der Waals surface area contributed by atoms with Gasteiger partial charge in [0.2, 0.25) is 0 Å². The molecule has 0 aliphatic heterocycles. The fourth-order valence-electron chi connectivity index (χ4n) is 2.33. The smallest absolute Gasteiger partial charge is 0.165 e. The van der Waals surface area contributed by atoms with E-state index in [-0.39, 0.29) is 0 Å². The Hall–Kier alpha value is -2.14. The molecule has 0 spiro atoms. The highest BCUT2D eigenvalue weighted by Gasteiger charge is 2.09. The Bertz CT molecular complexity index is 726. The molecule has 3 rings (SSSR count). The Labute approximate surface area is 134 Å². The number of nitrogens with one attached hydrogen (secondary N) is 1. The predicted octanol–water partition coefficient (Wildman–Crippen LogP) is 3.46. The first-order valence-electron chi connectivity index (χ1n) is 7.38. The van der Waals surface area contributed by atoms with Crippen LogP contribution in [0.1, 0.15) is 18.4 Å². The van der Waals surface area contributed by atoms with Gasteiger partial charge in [0.25, 0.3) is 0 Å². The lowest BCUT2D eigenvalue weighted by Crippen LogP contribution is -2.03. The fraction of sp³-hybridized carbons (Fsp3) is 0.312. The molecule has 0 aliphatic carbocycles. The molecule has 0 unspecified atom stereocenters. The van der Waals surface area contributed by atoms with Crippen molar-refractivity contribution in [1.29, 1.82) is 0 Å². The minimum atomic E-state index is 0.686. The predicted molar refractivity (Wildman–Crippen MR) is 89.0 cm³/mol. The number of halogens is 1. The molecule has 114 valence electrons. The van der Waals surface area contributed by atoms with Crippen LogP contribution >= 0.6 is 11.6 Å². The maximum absolute atomic E-state index is 5.72. The summed E-state index contributed by atoms with van der Waals surface area (Å²) in [5.41, 5.74) is 2.88. The van der Waals surface area contributed by atoms with Gasteiger partial charge >= 0.3 is 0 Å². The minimum absolute atomic E-state index is 0.686. The van der Waals surface area contributed by atoms with Crippen molar-refractivity contribution in [1.82, 2.24) is 19.5 Å². The highest BCUT2D eigenvalue weighted by molar-refractivity contribution is 6.17. The second kappa shape index (κ2) is 7.22. The summed E-state index contributed by atoms with van der Waals surface area (Å²) in [6.45, 7) is 1.59. The number of imidazole rings is 1. The Morgan fingerprint density at radius 1 is 1.05 bits per heavy atom. The summed E-state index contributed by atoms with van der Waals surface area (Å²) in [5, 5.41) is 3.34. The topological polar surface area (TPSA) is 55.6 Å². The van der Waals surface area contributed by atoms with Gasteiger partial charge in [-0.2, -0.15) is 0 Å². The van der Waals surface area contributed by atoms with E-state index in [1.807, 2.05) is 24.5 Å². The molecule has 0 bridgehead atoms. The number of hydrogen-bond acceptors (Lipinski definition) is 4. The monoisotopic (exact) mass is 315 g/mol. The van der Waals surface area contributed by atoms with E-state index in [1.165, 1.54) is 5.56 Å². The minimum Gasteiger partial charge on any atom is -0.364 e. The Balaban J connectivity index is 1.76.